The summed E-state index contributed by atoms with van der Waals surface area (Å²) in [6.07, 6.45) is 36.7. The number of hydrogen-bond donors (Lipinski definition) is 1. The number of amides is 1. The van der Waals surface area contributed by atoms with Gasteiger partial charge >= 0.3 is 11.9 Å². The van der Waals surface area contributed by atoms with Gasteiger partial charge in [-0.05, 0) is 70.9 Å². The third-order valence-electron chi connectivity index (χ3n) is 10.5. The lowest BCUT2D eigenvalue weighted by Crippen LogP contribution is -2.44. The Bertz CT molecular complexity index is 892. The number of allylic oxidation sites excluding steroid dienone is 2. The minimum absolute atomic E-state index is 0.0218. The number of unbranched alkanes of at least 4 members (excludes halogenated alkanes) is 18. The molecule has 0 aromatic rings. The molecule has 0 saturated carbocycles. The smallest absolute Gasteiger partial charge is 0.306 e. The fourth-order valence-corrected chi connectivity index (χ4v) is 6.65. The van der Waals surface area contributed by atoms with Crippen LogP contribution in [0.5, 0.6) is 0 Å². The largest absolute Gasteiger partial charge is 0.481 e. The molecule has 0 aromatic heterocycles. The maximum atomic E-state index is 13.0. The minimum Gasteiger partial charge on any atom is -0.481 e. The van der Waals surface area contributed by atoms with Crippen molar-refractivity contribution < 1.29 is 24.2 Å². The second kappa shape index (κ2) is 45.2. The average Bonchev–Trinajstić information content (AvgIpc) is 3.17. The summed E-state index contributed by atoms with van der Waals surface area (Å²) in [6, 6.07) is 0. The summed E-state index contributed by atoms with van der Waals surface area (Å²) in [5.74, 6) is -0.460. The van der Waals surface area contributed by atoms with Gasteiger partial charge in [0.2, 0.25) is 5.91 Å². The first-order valence-corrected chi connectivity index (χ1v) is 24.5. The lowest BCUT2D eigenvalue weighted by Gasteiger charge is -2.31. The SMILES string of the molecule is CCCC(=O)O.CCCCC/C=C\CCC(=O)OC(CCCCCCCCC)CCCCCCCCN(CCN(CC)CC)C(=O)C(C)(C)C.CCCCCCC. The number of likely N-dealkylation sites (N-methyl/N-ethyl adjacent to an activating group) is 1. The van der Waals surface area contributed by atoms with Crippen molar-refractivity contribution in [2.75, 3.05) is 32.7 Å². The molecule has 1 atom stereocenters. The highest BCUT2D eigenvalue weighted by atomic mass is 16.5. The van der Waals surface area contributed by atoms with Crippen LogP contribution in [-0.2, 0) is 19.1 Å². The van der Waals surface area contributed by atoms with E-state index in [4.69, 9.17) is 9.84 Å². The van der Waals surface area contributed by atoms with Gasteiger partial charge in [-0.1, -0.05) is 191 Å². The number of ether oxygens (including phenoxy) is 1. The molecule has 0 spiro atoms. The van der Waals surface area contributed by atoms with Crippen LogP contribution in [0.1, 0.15) is 249 Å². The van der Waals surface area contributed by atoms with E-state index in [1.54, 1.807) is 0 Å². The Morgan fingerprint density at radius 2 is 0.965 bits per heavy atom. The van der Waals surface area contributed by atoms with Gasteiger partial charge in [-0.3, -0.25) is 14.4 Å². The van der Waals surface area contributed by atoms with E-state index in [1.807, 2.05) is 27.7 Å². The summed E-state index contributed by atoms with van der Waals surface area (Å²) in [5.41, 5.74) is -0.330. The Morgan fingerprint density at radius 1 is 0.526 bits per heavy atom. The molecule has 1 unspecified atom stereocenters. The van der Waals surface area contributed by atoms with Crippen LogP contribution in [0.4, 0.5) is 0 Å². The van der Waals surface area contributed by atoms with E-state index in [0.717, 1.165) is 77.7 Å². The van der Waals surface area contributed by atoms with Crippen LogP contribution in [0.3, 0.4) is 0 Å². The molecule has 0 bridgehead atoms. The van der Waals surface area contributed by atoms with Gasteiger partial charge in [0.15, 0.2) is 0 Å². The molecule has 0 saturated heterocycles. The maximum Gasteiger partial charge on any atom is 0.306 e. The number of esters is 1. The minimum atomic E-state index is -0.711. The molecule has 57 heavy (non-hydrogen) atoms. The molecule has 7 nitrogen and oxygen atoms in total. The molecule has 0 radical (unpaired) electrons. The monoisotopic (exact) mass is 809 g/mol. The average molecular weight is 809 g/mol. The fraction of sp³-hybridized carbons (Fsp3) is 0.900. The van der Waals surface area contributed by atoms with Crippen LogP contribution in [0, 0.1) is 5.41 Å². The van der Waals surface area contributed by atoms with Crippen molar-refractivity contribution >= 4 is 17.8 Å². The van der Waals surface area contributed by atoms with Crippen LogP contribution in [0.25, 0.3) is 0 Å². The molecule has 0 rings (SSSR count). The van der Waals surface area contributed by atoms with Crippen LogP contribution >= 0.6 is 0 Å². The Labute approximate surface area is 356 Å². The molecule has 1 N–H and O–H groups in total. The molecule has 1 amide bonds. The first kappa shape index (κ1) is 59.4. The number of carboxylic acids is 1. The second-order valence-corrected chi connectivity index (χ2v) is 17.2. The normalized spacial score (nSPS) is 11.8. The molecule has 7 heteroatoms. The Morgan fingerprint density at radius 3 is 1.40 bits per heavy atom. The first-order valence-electron chi connectivity index (χ1n) is 24.5. The third kappa shape index (κ3) is 45.1. The van der Waals surface area contributed by atoms with E-state index >= 15 is 0 Å². The predicted molar refractivity (Wildman–Crippen MR) is 248 cm³/mol. The number of nitrogens with zero attached hydrogens (tertiary/aromatic N) is 2. The number of aliphatic carboxylic acids is 1. The number of rotatable bonds is 36. The van der Waals surface area contributed by atoms with E-state index in [1.165, 1.54) is 122 Å². The van der Waals surface area contributed by atoms with Crippen molar-refractivity contribution in [2.24, 2.45) is 5.41 Å². The highest BCUT2D eigenvalue weighted by Gasteiger charge is 2.27. The van der Waals surface area contributed by atoms with Crippen molar-refractivity contribution in [1.29, 1.82) is 0 Å². The standard InChI is InChI=1S/C39H76N2O3.C7H16.C4H8O2/c1-8-12-14-16-18-22-26-30-36(44-37(42)32-28-24-19-17-15-13-9-2)31-27-23-20-21-25-29-33-41(38(43)39(5,6)7)35-34-40(10-3)11-4;1-3-5-7-6-4-2;1-2-3-4(5)6/h19,24,36H,8-18,20-23,25-35H2,1-7H3;3-7H2,1-2H3;2-3H2,1H3,(H,5,6)/b24-19-;;. The summed E-state index contributed by atoms with van der Waals surface area (Å²) in [4.78, 5) is 39.7. The molecule has 0 fully saturated rings. The number of hydrogen-bond acceptors (Lipinski definition) is 5. The lowest BCUT2D eigenvalue weighted by molar-refractivity contribution is -0.149. The third-order valence-corrected chi connectivity index (χ3v) is 10.5. The van der Waals surface area contributed by atoms with Gasteiger partial charge in [0.05, 0.1) is 0 Å². The van der Waals surface area contributed by atoms with E-state index < -0.39 is 5.97 Å². The van der Waals surface area contributed by atoms with Gasteiger partial charge in [-0.2, -0.15) is 0 Å². The summed E-state index contributed by atoms with van der Waals surface area (Å²) in [7, 11) is 0. The highest BCUT2D eigenvalue weighted by Crippen LogP contribution is 2.20. The molecule has 0 aliphatic carbocycles. The lowest BCUT2D eigenvalue weighted by atomic mass is 9.94. The van der Waals surface area contributed by atoms with Crippen molar-refractivity contribution in [3.8, 4) is 0 Å². The van der Waals surface area contributed by atoms with Crippen molar-refractivity contribution in [3.05, 3.63) is 12.2 Å². The van der Waals surface area contributed by atoms with Gasteiger partial charge in [0.25, 0.3) is 0 Å². The summed E-state index contributed by atoms with van der Waals surface area (Å²) in [5, 5.41) is 7.91. The zero-order chi connectivity index (χ0) is 43.4. The quantitative estimate of drug-likeness (QED) is 0.0385. The zero-order valence-electron chi connectivity index (χ0n) is 40.0. The van der Waals surface area contributed by atoms with E-state index in [2.05, 4.69) is 63.5 Å². The van der Waals surface area contributed by atoms with Gasteiger partial charge < -0.3 is 19.6 Å². The Kier molecular flexibility index (Phi) is 47.1. The summed E-state index contributed by atoms with van der Waals surface area (Å²) in [6.45, 7) is 26.0. The molecular formula is C50H100N2O5. The van der Waals surface area contributed by atoms with Gasteiger partial charge in [-0.25, -0.2) is 0 Å². The molecule has 340 valence electrons. The van der Waals surface area contributed by atoms with Crippen LogP contribution in [-0.4, -0.2) is 71.6 Å². The van der Waals surface area contributed by atoms with Crippen LogP contribution < -0.4 is 0 Å². The van der Waals surface area contributed by atoms with E-state index in [9.17, 15) is 14.4 Å². The summed E-state index contributed by atoms with van der Waals surface area (Å²) < 4.78 is 6.00. The van der Waals surface area contributed by atoms with Crippen molar-refractivity contribution in [2.45, 2.75) is 255 Å². The van der Waals surface area contributed by atoms with Gasteiger partial charge in [-0.15, -0.1) is 0 Å². The summed E-state index contributed by atoms with van der Waals surface area (Å²) >= 11 is 0. The maximum absolute atomic E-state index is 13.0. The molecule has 0 heterocycles. The zero-order valence-corrected chi connectivity index (χ0v) is 40.0. The Balaban J connectivity index is -0.00000190. The second-order valence-electron chi connectivity index (χ2n) is 17.2. The van der Waals surface area contributed by atoms with Crippen molar-refractivity contribution in [1.82, 2.24) is 9.80 Å². The fourth-order valence-electron chi connectivity index (χ4n) is 6.65. The molecule has 0 aliphatic rings. The number of carbonyl (C=O) groups excluding carboxylic acids is 2. The van der Waals surface area contributed by atoms with E-state index in [-0.39, 0.29) is 23.4 Å². The number of carboxylic acid groups (broad SMARTS) is 1. The highest BCUT2D eigenvalue weighted by molar-refractivity contribution is 5.81. The van der Waals surface area contributed by atoms with Gasteiger partial charge in [0, 0.05) is 37.9 Å². The van der Waals surface area contributed by atoms with Gasteiger partial charge in [0.1, 0.15) is 6.10 Å². The van der Waals surface area contributed by atoms with E-state index in [0.29, 0.717) is 12.8 Å². The molecular weight excluding hydrogens is 709 g/mol. The van der Waals surface area contributed by atoms with Crippen molar-refractivity contribution in [3.63, 3.8) is 0 Å². The first-order chi connectivity index (χ1) is 27.4. The Hall–Kier alpha value is -1.89. The van der Waals surface area contributed by atoms with Crippen LogP contribution in [0.15, 0.2) is 12.2 Å². The predicted octanol–water partition coefficient (Wildman–Crippen LogP) is 14.8. The van der Waals surface area contributed by atoms with Crippen LogP contribution in [0.2, 0.25) is 0 Å². The number of carbonyl (C=O) groups is 3. The topological polar surface area (TPSA) is 87.1 Å². The molecule has 0 aromatic carbocycles. The molecule has 0 aliphatic heterocycles.